The molecule has 72 valence electrons. The average Bonchev–Trinajstić information content (AvgIpc) is 2.04. The second-order valence-corrected chi connectivity index (χ2v) is 2.80. The number of aryl methyl sites for hydroxylation is 1. The van der Waals surface area contributed by atoms with Crippen molar-refractivity contribution in [3.8, 4) is 11.5 Å². The Labute approximate surface area is 76.7 Å². The standard InChI is InChI=1S/C9H13NO3/c1-6-3-7(5-10-12)4-8(11)9(6)13-2/h3-4,10-12H,5H2,1-2H3. The summed E-state index contributed by atoms with van der Waals surface area (Å²) in [5.41, 5.74) is 3.67. The van der Waals surface area contributed by atoms with Crippen molar-refractivity contribution in [1.29, 1.82) is 0 Å². The maximum Gasteiger partial charge on any atom is 0.163 e. The SMILES string of the molecule is COc1c(C)cc(CNO)cc1O. The third kappa shape index (κ3) is 2.11. The van der Waals surface area contributed by atoms with Gasteiger partial charge in [-0.2, -0.15) is 0 Å². The Morgan fingerprint density at radius 3 is 2.62 bits per heavy atom. The van der Waals surface area contributed by atoms with E-state index in [0.717, 1.165) is 11.1 Å². The minimum Gasteiger partial charge on any atom is -0.504 e. The van der Waals surface area contributed by atoms with Gasteiger partial charge in [0.2, 0.25) is 0 Å². The number of hydrogen-bond donors (Lipinski definition) is 3. The molecule has 0 atom stereocenters. The van der Waals surface area contributed by atoms with E-state index in [4.69, 9.17) is 9.94 Å². The van der Waals surface area contributed by atoms with Crippen LogP contribution in [0.15, 0.2) is 12.1 Å². The number of ether oxygens (including phenoxy) is 1. The maximum absolute atomic E-state index is 9.46. The van der Waals surface area contributed by atoms with Gasteiger partial charge >= 0.3 is 0 Å². The minimum absolute atomic E-state index is 0.0905. The molecule has 4 nitrogen and oxygen atoms in total. The number of rotatable bonds is 3. The van der Waals surface area contributed by atoms with Crippen molar-refractivity contribution in [2.75, 3.05) is 7.11 Å². The highest BCUT2D eigenvalue weighted by atomic mass is 16.5. The summed E-state index contributed by atoms with van der Waals surface area (Å²) in [6, 6.07) is 3.39. The molecule has 0 aliphatic heterocycles. The van der Waals surface area contributed by atoms with Gasteiger partial charge in [0.05, 0.1) is 7.11 Å². The highest BCUT2D eigenvalue weighted by molar-refractivity contribution is 5.47. The van der Waals surface area contributed by atoms with Crippen molar-refractivity contribution in [3.63, 3.8) is 0 Å². The first-order chi connectivity index (χ1) is 6.19. The maximum atomic E-state index is 9.46. The summed E-state index contributed by atoms with van der Waals surface area (Å²) in [5, 5.41) is 17.9. The summed E-state index contributed by atoms with van der Waals surface area (Å²) in [6.45, 7) is 2.14. The number of hydroxylamine groups is 1. The molecule has 0 aliphatic carbocycles. The normalized spacial score (nSPS) is 10.1. The second kappa shape index (κ2) is 4.11. The van der Waals surface area contributed by atoms with Gasteiger partial charge in [0.15, 0.2) is 11.5 Å². The Morgan fingerprint density at radius 1 is 1.46 bits per heavy atom. The van der Waals surface area contributed by atoms with E-state index in [0.29, 0.717) is 12.3 Å². The first-order valence-corrected chi connectivity index (χ1v) is 3.92. The molecule has 0 amide bonds. The van der Waals surface area contributed by atoms with E-state index in [-0.39, 0.29) is 5.75 Å². The molecule has 0 heterocycles. The van der Waals surface area contributed by atoms with Gasteiger partial charge in [-0.05, 0) is 24.1 Å². The van der Waals surface area contributed by atoms with Gasteiger partial charge in [-0.1, -0.05) is 6.07 Å². The van der Waals surface area contributed by atoms with E-state index in [1.54, 1.807) is 6.07 Å². The fraction of sp³-hybridized carbons (Fsp3) is 0.333. The topological polar surface area (TPSA) is 61.7 Å². The molecule has 1 aromatic carbocycles. The van der Waals surface area contributed by atoms with Crippen molar-refractivity contribution in [2.24, 2.45) is 0 Å². The molecule has 0 aromatic heterocycles. The van der Waals surface area contributed by atoms with Crippen molar-refractivity contribution >= 4 is 0 Å². The molecule has 13 heavy (non-hydrogen) atoms. The van der Waals surface area contributed by atoms with Crippen LogP contribution in [0.5, 0.6) is 11.5 Å². The Balaban J connectivity index is 3.05. The molecule has 0 saturated carbocycles. The van der Waals surface area contributed by atoms with E-state index < -0.39 is 0 Å². The Bertz CT molecular complexity index is 276. The Kier molecular flexibility index (Phi) is 3.11. The van der Waals surface area contributed by atoms with E-state index in [1.165, 1.54) is 7.11 Å². The summed E-state index contributed by atoms with van der Waals surface area (Å²) in [6.07, 6.45) is 0. The number of phenols is 1. The van der Waals surface area contributed by atoms with Crippen molar-refractivity contribution in [3.05, 3.63) is 23.3 Å². The van der Waals surface area contributed by atoms with Gasteiger partial charge in [-0.25, -0.2) is 5.48 Å². The largest absolute Gasteiger partial charge is 0.504 e. The second-order valence-electron chi connectivity index (χ2n) is 2.80. The fourth-order valence-corrected chi connectivity index (χ4v) is 1.29. The van der Waals surface area contributed by atoms with Crippen molar-refractivity contribution in [2.45, 2.75) is 13.5 Å². The molecule has 0 aliphatic rings. The number of aromatic hydroxyl groups is 1. The van der Waals surface area contributed by atoms with Crippen LogP contribution < -0.4 is 10.2 Å². The van der Waals surface area contributed by atoms with Crippen LogP contribution in [-0.2, 0) is 6.54 Å². The molecule has 1 aromatic rings. The number of hydrogen-bond acceptors (Lipinski definition) is 4. The molecule has 0 saturated heterocycles. The van der Waals surface area contributed by atoms with Crippen molar-refractivity contribution < 1.29 is 15.1 Å². The molecule has 4 heteroatoms. The zero-order valence-corrected chi connectivity index (χ0v) is 7.66. The Hall–Kier alpha value is -1.26. The summed E-state index contributed by atoms with van der Waals surface area (Å²) < 4.78 is 4.98. The molecule has 0 fully saturated rings. The third-order valence-electron chi connectivity index (χ3n) is 1.80. The zero-order chi connectivity index (χ0) is 9.84. The third-order valence-corrected chi connectivity index (χ3v) is 1.80. The smallest absolute Gasteiger partial charge is 0.163 e. The van der Waals surface area contributed by atoms with Gasteiger partial charge in [0.1, 0.15) is 0 Å². The molecule has 1 rings (SSSR count). The van der Waals surface area contributed by atoms with Crippen LogP contribution in [0.1, 0.15) is 11.1 Å². The lowest BCUT2D eigenvalue weighted by molar-refractivity contribution is 0.161. The van der Waals surface area contributed by atoms with Gasteiger partial charge in [0, 0.05) is 6.54 Å². The summed E-state index contributed by atoms with van der Waals surface area (Å²) >= 11 is 0. The number of benzene rings is 1. The quantitative estimate of drug-likeness (QED) is 0.616. The van der Waals surface area contributed by atoms with Crippen LogP contribution in [-0.4, -0.2) is 17.4 Å². The first-order valence-electron chi connectivity index (χ1n) is 3.92. The fourth-order valence-electron chi connectivity index (χ4n) is 1.29. The predicted molar refractivity (Wildman–Crippen MR) is 48.0 cm³/mol. The molecular formula is C9H13NO3. The lowest BCUT2D eigenvalue weighted by Crippen LogP contribution is -2.06. The molecule has 0 radical (unpaired) electrons. The van der Waals surface area contributed by atoms with Crippen LogP contribution in [0.4, 0.5) is 0 Å². The van der Waals surface area contributed by atoms with Crippen LogP contribution in [0, 0.1) is 6.92 Å². The highest BCUT2D eigenvalue weighted by Crippen LogP contribution is 2.30. The van der Waals surface area contributed by atoms with Gasteiger partial charge < -0.3 is 15.1 Å². The molecule has 0 bridgehead atoms. The number of methoxy groups -OCH3 is 1. The van der Waals surface area contributed by atoms with E-state index in [2.05, 4.69) is 0 Å². The molecule has 3 N–H and O–H groups in total. The van der Waals surface area contributed by atoms with Crippen LogP contribution in [0.3, 0.4) is 0 Å². The zero-order valence-electron chi connectivity index (χ0n) is 7.66. The summed E-state index contributed by atoms with van der Waals surface area (Å²) in [7, 11) is 1.51. The summed E-state index contributed by atoms with van der Waals surface area (Å²) in [5.74, 6) is 0.564. The minimum atomic E-state index is 0.0905. The van der Waals surface area contributed by atoms with Crippen LogP contribution >= 0.6 is 0 Å². The first kappa shape index (κ1) is 9.83. The van der Waals surface area contributed by atoms with Gasteiger partial charge in [-0.15, -0.1) is 0 Å². The molecule has 0 unspecified atom stereocenters. The number of nitrogens with one attached hydrogen (secondary N) is 1. The Morgan fingerprint density at radius 2 is 2.15 bits per heavy atom. The van der Waals surface area contributed by atoms with Crippen LogP contribution in [0.25, 0.3) is 0 Å². The molecule has 0 spiro atoms. The van der Waals surface area contributed by atoms with Crippen LogP contribution in [0.2, 0.25) is 0 Å². The monoisotopic (exact) mass is 183 g/mol. The predicted octanol–water partition coefficient (Wildman–Crippen LogP) is 1.19. The lowest BCUT2D eigenvalue weighted by atomic mass is 10.1. The molecular weight excluding hydrogens is 170 g/mol. The van der Waals surface area contributed by atoms with Gasteiger partial charge in [0.25, 0.3) is 0 Å². The average molecular weight is 183 g/mol. The highest BCUT2D eigenvalue weighted by Gasteiger charge is 2.06. The van der Waals surface area contributed by atoms with E-state index in [1.807, 2.05) is 18.5 Å². The van der Waals surface area contributed by atoms with E-state index >= 15 is 0 Å². The lowest BCUT2D eigenvalue weighted by Gasteiger charge is -2.09. The van der Waals surface area contributed by atoms with Crippen molar-refractivity contribution in [1.82, 2.24) is 5.48 Å². The van der Waals surface area contributed by atoms with Gasteiger partial charge in [-0.3, -0.25) is 0 Å². The van der Waals surface area contributed by atoms with E-state index in [9.17, 15) is 5.11 Å². The number of phenolic OH excluding ortho intramolecular Hbond substituents is 1. The summed E-state index contributed by atoms with van der Waals surface area (Å²) in [4.78, 5) is 0.